The zero-order chi connectivity index (χ0) is 6.62. The lowest BCUT2D eigenvalue weighted by atomic mass is 9.84. The summed E-state index contributed by atoms with van der Waals surface area (Å²) in [5, 5.41) is 0. The zero-order valence-corrected chi connectivity index (χ0v) is 4.41. The molecular formula is C4H7BF3-. The van der Waals surface area contributed by atoms with E-state index < -0.39 is 13.3 Å². The van der Waals surface area contributed by atoms with Gasteiger partial charge in [0.25, 0.3) is 0 Å². The molecular weight excluding hydrogens is 116 g/mol. The fourth-order valence-electron chi connectivity index (χ4n) is 0.307. The van der Waals surface area contributed by atoms with E-state index in [9.17, 15) is 12.9 Å². The van der Waals surface area contributed by atoms with E-state index in [4.69, 9.17) is 0 Å². The van der Waals surface area contributed by atoms with Gasteiger partial charge in [-0.25, -0.2) is 0 Å². The number of rotatable bonds is 3. The van der Waals surface area contributed by atoms with Crippen LogP contribution in [0.2, 0.25) is 6.32 Å². The third-order valence-corrected chi connectivity index (χ3v) is 0.698. The third-order valence-electron chi connectivity index (χ3n) is 0.698. The first kappa shape index (κ1) is 7.59. The van der Waals surface area contributed by atoms with Gasteiger partial charge in [0, 0.05) is 0 Å². The van der Waals surface area contributed by atoms with Crippen LogP contribution in [0.3, 0.4) is 0 Å². The standard InChI is InChI=1S/C4H7BF3/c1-2-3-4-5(6,7)8/h2H,1,3-4H2/q-1. The molecule has 0 heterocycles. The molecule has 8 heavy (non-hydrogen) atoms. The predicted octanol–water partition coefficient (Wildman–Crippen LogP) is 2.41. The molecule has 0 aliphatic rings. The summed E-state index contributed by atoms with van der Waals surface area (Å²) in [7, 11) is 0. The molecule has 0 aliphatic heterocycles. The molecule has 0 atom stereocenters. The Morgan fingerprint density at radius 2 is 1.88 bits per heavy atom. The van der Waals surface area contributed by atoms with Crippen LogP contribution in [0, 0.1) is 0 Å². The van der Waals surface area contributed by atoms with E-state index >= 15 is 0 Å². The first-order valence-corrected chi connectivity index (χ1v) is 2.38. The SMILES string of the molecule is C=CCC[B-](F)(F)F. The second kappa shape index (κ2) is 2.79. The molecule has 0 rings (SSSR count). The van der Waals surface area contributed by atoms with Gasteiger partial charge in [0.1, 0.15) is 0 Å². The van der Waals surface area contributed by atoms with Crippen LogP contribution in [-0.4, -0.2) is 6.98 Å². The Morgan fingerprint density at radius 1 is 1.38 bits per heavy atom. The zero-order valence-electron chi connectivity index (χ0n) is 4.41. The Bertz CT molecular complexity index is 75.8. The monoisotopic (exact) mass is 123 g/mol. The molecule has 0 unspecified atom stereocenters. The highest BCUT2D eigenvalue weighted by Gasteiger charge is 2.20. The van der Waals surface area contributed by atoms with Crippen LogP contribution in [0.5, 0.6) is 0 Å². The molecule has 4 heteroatoms. The van der Waals surface area contributed by atoms with Crippen molar-refractivity contribution in [2.45, 2.75) is 12.7 Å². The molecule has 0 spiro atoms. The molecule has 0 aromatic carbocycles. The van der Waals surface area contributed by atoms with Gasteiger partial charge in [0.15, 0.2) is 0 Å². The van der Waals surface area contributed by atoms with E-state index in [0.717, 1.165) is 0 Å². The predicted molar refractivity (Wildman–Crippen MR) is 28.7 cm³/mol. The van der Waals surface area contributed by atoms with Crippen molar-refractivity contribution in [3.63, 3.8) is 0 Å². The molecule has 0 fully saturated rings. The van der Waals surface area contributed by atoms with Gasteiger partial charge in [-0.15, -0.1) is 6.58 Å². The van der Waals surface area contributed by atoms with Crippen LogP contribution in [0.4, 0.5) is 12.9 Å². The van der Waals surface area contributed by atoms with Crippen LogP contribution in [0.1, 0.15) is 6.42 Å². The summed E-state index contributed by atoms with van der Waals surface area (Å²) < 4.78 is 33.8. The number of halogens is 3. The molecule has 0 radical (unpaired) electrons. The maximum atomic E-state index is 11.3. The van der Waals surface area contributed by atoms with Crippen LogP contribution in [-0.2, 0) is 0 Å². The number of hydrogen-bond donors (Lipinski definition) is 0. The van der Waals surface area contributed by atoms with Gasteiger partial charge in [-0.1, -0.05) is 18.8 Å². The van der Waals surface area contributed by atoms with E-state index in [0.29, 0.717) is 0 Å². The number of hydrogen-bond acceptors (Lipinski definition) is 0. The Hall–Kier alpha value is -0.405. The van der Waals surface area contributed by atoms with Gasteiger partial charge in [0.2, 0.25) is 0 Å². The maximum absolute atomic E-state index is 11.3. The first-order valence-electron chi connectivity index (χ1n) is 2.38. The lowest BCUT2D eigenvalue weighted by Gasteiger charge is -2.09. The van der Waals surface area contributed by atoms with Gasteiger partial charge >= 0.3 is 6.98 Å². The highest BCUT2D eigenvalue weighted by atomic mass is 19.4. The largest absolute Gasteiger partial charge is 0.478 e. The molecule has 0 saturated carbocycles. The Balaban J connectivity index is 3.24. The van der Waals surface area contributed by atoms with Crippen molar-refractivity contribution in [2.24, 2.45) is 0 Å². The van der Waals surface area contributed by atoms with Crippen molar-refractivity contribution in [2.75, 3.05) is 0 Å². The minimum Gasteiger partial charge on any atom is -0.449 e. The summed E-state index contributed by atoms with van der Waals surface area (Å²) in [6.45, 7) is -1.40. The summed E-state index contributed by atoms with van der Waals surface area (Å²) in [4.78, 5) is 0. The van der Waals surface area contributed by atoms with E-state index in [-0.39, 0.29) is 6.42 Å². The lowest BCUT2D eigenvalue weighted by Crippen LogP contribution is -2.12. The normalized spacial score (nSPS) is 11.4. The van der Waals surface area contributed by atoms with E-state index in [1.165, 1.54) is 6.08 Å². The average Bonchev–Trinajstić information content (AvgIpc) is 1.59. The van der Waals surface area contributed by atoms with Gasteiger partial charge in [-0.05, 0) is 0 Å². The highest BCUT2D eigenvalue weighted by Crippen LogP contribution is 2.16. The summed E-state index contributed by atoms with van der Waals surface area (Å²) >= 11 is 0. The first-order chi connectivity index (χ1) is 3.56. The fraction of sp³-hybridized carbons (Fsp3) is 0.500. The van der Waals surface area contributed by atoms with Crippen LogP contribution < -0.4 is 0 Å². The average molecular weight is 123 g/mol. The van der Waals surface area contributed by atoms with Crippen molar-refractivity contribution < 1.29 is 12.9 Å². The highest BCUT2D eigenvalue weighted by molar-refractivity contribution is 6.58. The molecule has 0 N–H and O–H groups in total. The fourth-order valence-corrected chi connectivity index (χ4v) is 0.307. The van der Waals surface area contributed by atoms with Gasteiger partial charge < -0.3 is 12.9 Å². The minimum atomic E-state index is -4.57. The molecule has 0 aliphatic carbocycles. The van der Waals surface area contributed by atoms with Crippen molar-refractivity contribution >= 4 is 6.98 Å². The second-order valence-electron chi connectivity index (χ2n) is 1.58. The van der Waals surface area contributed by atoms with Gasteiger partial charge in [0.05, 0.1) is 0 Å². The molecule has 48 valence electrons. The lowest BCUT2D eigenvalue weighted by molar-refractivity contribution is 0.469. The Labute approximate surface area is 46.4 Å². The molecule has 0 saturated heterocycles. The smallest absolute Gasteiger partial charge is 0.449 e. The van der Waals surface area contributed by atoms with Crippen LogP contribution in [0.15, 0.2) is 12.7 Å². The quantitative estimate of drug-likeness (QED) is 0.399. The Morgan fingerprint density at radius 3 is 2.00 bits per heavy atom. The Kier molecular flexibility index (Phi) is 2.65. The molecule has 0 amide bonds. The van der Waals surface area contributed by atoms with Crippen molar-refractivity contribution in [3.05, 3.63) is 12.7 Å². The van der Waals surface area contributed by atoms with Gasteiger partial charge in [-0.3, -0.25) is 0 Å². The van der Waals surface area contributed by atoms with Crippen LogP contribution >= 0.6 is 0 Å². The second-order valence-corrected chi connectivity index (χ2v) is 1.58. The van der Waals surface area contributed by atoms with Crippen molar-refractivity contribution in [3.8, 4) is 0 Å². The molecule has 0 aromatic rings. The molecule has 0 aromatic heterocycles. The van der Waals surface area contributed by atoms with E-state index in [1.807, 2.05) is 0 Å². The third kappa shape index (κ3) is 5.59. The minimum absolute atomic E-state index is 0.0451. The summed E-state index contributed by atoms with van der Waals surface area (Å²) in [5.74, 6) is 0. The van der Waals surface area contributed by atoms with Crippen molar-refractivity contribution in [1.82, 2.24) is 0 Å². The number of allylic oxidation sites excluding steroid dienone is 1. The molecule has 0 bridgehead atoms. The summed E-state index contributed by atoms with van der Waals surface area (Å²) in [6.07, 6.45) is 0.627. The van der Waals surface area contributed by atoms with Gasteiger partial charge in [-0.2, -0.15) is 0 Å². The molecule has 0 nitrogen and oxygen atoms in total. The van der Waals surface area contributed by atoms with Crippen LogP contribution in [0.25, 0.3) is 0 Å². The topological polar surface area (TPSA) is 0 Å². The van der Waals surface area contributed by atoms with E-state index in [1.54, 1.807) is 0 Å². The summed E-state index contributed by atoms with van der Waals surface area (Å²) in [5.41, 5.74) is 0. The van der Waals surface area contributed by atoms with Crippen molar-refractivity contribution in [1.29, 1.82) is 0 Å². The maximum Gasteiger partial charge on any atom is 0.478 e. The summed E-state index contributed by atoms with van der Waals surface area (Å²) in [6, 6.07) is 0. The van der Waals surface area contributed by atoms with E-state index in [2.05, 4.69) is 6.58 Å².